The Kier molecular flexibility index (Phi) is 4.95. The van der Waals surface area contributed by atoms with Gasteiger partial charge in [-0.05, 0) is 43.0 Å². The van der Waals surface area contributed by atoms with Crippen LogP contribution < -0.4 is 11.1 Å². The maximum absolute atomic E-state index is 12.3. The van der Waals surface area contributed by atoms with Gasteiger partial charge in [0.2, 0.25) is 5.91 Å². The highest BCUT2D eigenvalue weighted by Crippen LogP contribution is 2.25. The van der Waals surface area contributed by atoms with Crippen molar-refractivity contribution in [2.45, 2.75) is 18.9 Å². The predicted octanol–water partition coefficient (Wildman–Crippen LogP) is 2.22. The van der Waals surface area contributed by atoms with Crippen molar-refractivity contribution in [3.05, 3.63) is 41.7 Å². The largest absolute Gasteiger partial charge is 0.381 e. The Morgan fingerprint density at radius 2 is 2.22 bits per heavy atom. The van der Waals surface area contributed by atoms with Gasteiger partial charge in [0.25, 0.3) is 0 Å². The molecular weight excluding hydrogens is 316 g/mol. The maximum Gasteiger partial charge on any atom is 0.241 e. The summed E-state index contributed by atoms with van der Waals surface area (Å²) in [5.74, 6) is -0.0395. The topological polar surface area (TPSA) is 82.2 Å². The van der Waals surface area contributed by atoms with Gasteiger partial charge in [0.05, 0.1) is 16.8 Å². The third kappa shape index (κ3) is 3.72. The Hall–Kier alpha value is -1.89. The van der Waals surface area contributed by atoms with Gasteiger partial charge in [-0.15, -0.1) is 0 Å². The monoisotopic (exact) mass is 334 g/mol. The summed E-state index contributed by atoms with van der Waals surface area (Å²) in [5, 5.41) is 7.48. The van der Waals surface area contributed by atoms with E-state index in [1.54, 1.807) is 29.2 Å². The van der Waals surface area contributed by atoms with Crippen LogP contribution in [0.5, 0.6) is 0 Å². The molecule has 1 saturated heterocycles. The minimum atomic E-state index is -0.538. The van der Waals surface area contributed by atoms with E-state index in [0.717, 1.165) is 18.5 Å². The Bertz CT molecular complexity index is 669. The highest BCUT2D eigenvalue weighted by molar-refractivity contribution is 6.32. The van der Waals surface area contributed by atoms with Gasteiger partial charge in [0.15, 0.2) is 0 Å². The molecule has 2 aromatic rings. The number of amides is 1. The minimum Gasteiger partial charge on any atom is -0.381 e. The second-order valence-electron chi connectivity index (χ2n) is 5.58. The van der Waals surface area contributed by atoms with E-state index in [1.807, 2.05) is 12.1 Å². The van der Waals surface area contributed by atoms with Crippen molar-refractivity contribution in [2.24, 2.45) is 11.7 Å². The lowest BCUT2D eigenvalue weighted by atomic mass is 9.92. The van der Waals surface area contributed by atoms with E-state index in [-0.39, 0.29) is 11.8 Å². The first kappa shape index (κ1) is 16.0. The van der Waals surface area contributed by atoms with Gasteiger partial charge in [-0.3, -0.25) is 4.79 Å². The highest BCUT2D eigenvalue weighted by Gasteiger charge is 2.26. The van der Waals surface area contributed by atoms with Crippen molar-refractivity contribution in [2.75, 3.05) is 18.5 Å². The number of carbonyl (C=O) groups is 1. The summed E-state index contributed by atoms with van der Waals surface area (Å²) in [6.07, 6.45) is 5.11. The van der Waals surface area contributed by atoms with Crippen LogP contribution in [0.15, 0.2) is 36.7 Å². The zero-order chi connectivity index (χ0) is 16.2. The van der Waals surface area contributed by atoms with Crippen molar-refractivity contribution in [3.63, 3.8) is 0 Å². The molecule has 1 atom stereocenters. The first-order valence-electron chi connectivity index (χ1n) is 7.59. The third-order valence-electron chi connectivity index (χ3n) is 4.04. The molecule has 1 aromatic heterocycles. The van der Waals surface area contributed by atoms with Crippen LogP contribution in [-0.4, -0.2) is 34.9 Å². The summed E-state index contributed by atoms with van der Waals surface area (Å²) >= 11 is 6.27. The molecule has 3 N–H and O–H groups in total. The molecular formula is C16H19ClN4O2. The first-order valence-corrected chi connectivity index (χ1v) is 7.96. The third-order valence-corrected chi connectivity index (χ3v) is 4.35. The average molecular weight is 335 g/mol. The second kappa shape index (κ2) is 7.12. The number of benzene rings is 1. The Morgan fingerprint density at radius 1 is 1.43 bits per heavy atom. The van der Waals surface area contributed by atoms with Crippen LogP contribution in [0, 0.1) is 5.92 Å². The van der Waals surface area contributed by atoms with Gasteiger partial charge in [-0.2, -0.15) is 5.10 Å². The van der Waals surface area contributed by atoms with E-state index >= 15 is 0 Å². The molecule has 23 heavy (non-hydrogen) atoms. The maximum atomic E-state index is 12.3. The Labute approximate surface area is 139 Å². The summed E-state index contributed by atoms with van der Waals surface area (Å²) in [6.45, 7) is 1.33. The van der Waals surface area contributed by atoms with Gasteiger partial charge in [0, 0.05) is 31.3 Å². The van der Waals surface area contributed by atoms with Gasteiger partial charge < -0.3 is 15.8 Å². The quantitative estimate of drug-likeness (QED) is 0.898. The van der Waals surface area contributed by atoms with E-state index < -0.39 is 6.04 Å². The van der Waals surface area contributed by atoms with E-state index in [9.17, 15) is 4.79 Å². The van der Waals surface area contributed by atoms with Gasteiger partial charge in [-0.1, -0.05) is 11.6 Å². The smallest absolute Gasteiger partial charge is 0.241 e. The molecule has 1 aliphatic heterocycles. The van der Waals surface area contributed by atoms with Crippen molar-refractivity contribution in [1.82, 2.24) is 9.78 Å². The molecule has 0 aliphatic carbocycles. The number of nitrogens with two attached hydrogens (primary N) is 1. The molecule has 122 valence electrons. The number of ether oxygens (including phenoxy) is 1. The van der Waals surface area contributed by atoms with Gasteiger partial charge in [0.1, 0.15) is 0 Å². The molecule has 1 aliphatic rings. The van der Waals surface area contributed by atoms with Crippen LogP contribution in [0.3, 0.4) is 0 Å². The Morgan fingerprint density at radius 3 is 2.87 bits per heavy atom. The molecule has 0 bridgehead atoms. The fourth-order valence-corrected chi connectivity index (χ4v) is 2.96. The number of rotatable bonds is 4. The summed E-state index contributed by atoms with van der Waals surface area (Å²) in [5.41, 5.74) is 7.45. The van der Waals surface area contributed by atoms with Crippen LogP contribution >= 0.6 is 11.6 Å². The lowest BCUT2D eigenvalue weighted by Crippen LogP contribution is -2.44. The van der Waals surface area contributed by atoms with Crippen LogP contribution in [-0.2, 0) is 9.53 Å². The number of hydrogen-bond acceptors (Lipinski definition) is 4. The minimum absolute atomic E-state index is 0.155. The molecule has 0 radical (unpaired) electrons. The van der Waals surface area contributed by atoms with E-state index in [1.165, 1.54) is 0 Å². The lowest BCUT2D eigenvalue weighted by Gasteiger charge is -2.26. The fraction of sp³-hybridized carbons (Fsp3) is 0.375. The van der Waals surface area contributed by atoms with Crippen molar-refractivity contribution < 1.29 is 9.53 Å². The van der Waals surface area contributed by atoms with Crippen LogP contribution in [0.4, 0.5) is 5.69 Å². The normalized spacial score (nSPS) is 17.0. The number of hydrogen-bond donors (Lipinski definition) is 2. The zero-order valence-electron chi connectivity index (χ0n) is 12.6. The molecule has 0 saturated carbocycles. The number of anilines is 1. The predicted molar refractivity (Wildman–Crippen MR) is 88.7 cm³/mol. The van der Waals surface area contributed by atoms with Crippen LogP contribution in [0.1, 0.15) is 12.8 Å². The number of halogens is 1. The zero-order valence-corrected chi connectivity index (χ0v) is 13.4. The van der Waals surface area contributed by atoms with Crippen molar-refractivity contribution in [1.29, 1.82) is 0 Å². The lowest BCUT2D eigenvalue weighted by molar-refractivity contribution is -0.119. The first-order chi connectivity index (χ1) is 11.1. The molecule has 0 spiro atoms. The molecule has 6 nitrogen and oxygen atoms in total. The van der Waals surface area contributed by atoms with E-state index in [2.05, 4.69) is 10.4 Å². The number of carbonyl (C=O) groups excluding carboxylic acids is 1. The molecule has 1 fully saturated rings. The molecule has 1 aromatic carbocycles. The number of nitrogens with one attached hydrogen (secondary N) is 1. The molecule has 1 unspecified atom stereocenters. The molecule has 2 heterocycles. The molecule has 3 rings (SSSR count). The highest BCUT2D eigenvalue weighted by atomic mass is 35.5. The van der Waals surface area contributed by atoms with E-state index in [4.69, 9.17) is 22.1 Å². The summed E-state index contributed by atoms with van der Waals surface area (Å²) < 4.78 is 6.97. The molecule has 1 amide bonds. The Balaban J connectivity index is 1.68. The summed E-state index contributed by atoms with van der Waals surface area (Å²) in [6, 6.07) is 6.58. The number of aromatic nitrogens is 2. The SMILES string of the molecule is NC(C(=O)Nc1ccc(-n2cccn2)c(Cl)c1)C1CCOCC1. The molecule has 7 heteroatoms. The average Bonchev–Trinajstić information content (AvgIpc) is 3.09. The number of nitrogens with zero attached hydrogens (tertiary/aromatic N) is 2. The van der Waals surface area contributed by atoms with Crippen LogP contribution in [0.25, 0.3) is 5.69 Å². The van der Waals surface area contributed by atoms with Gasteiger partial charge >= 0.3 is 0 Å². The fourth-order valence-electron chi connectivity index (χ4n) is 2.70. The standard InChI is InChI=1S/C16H19ClN4O2/c17-13-10-12(2-3-14(13)21-7-1-6-19-21)20-16(22)15(18)11-4-8-23-9-5-11/h1-3,6-7,10-11,15H,4-5,8-9,18H2,(H,20,22). The second-order valence-corrected chi connectivity index (χ2v) is 5.99. The van der Waals surface area contributed by atoms with Crippen LogP contribution in [0.2, 0.25) is 5.02 Å². The van der Waals surface area contributed by atoms with Gasteiger partial charge in [-0.25, -0.2) is 4.68 Å². The summed E-state index contributed by atoms with van der Waals surface area (Å²) in [7, 11) is 0. The van der Waals surface area contributed by atoms with Crippen molar-refractivity contribution in [3.8, 4) is 5.69 Å². The summed E-state index contributed by atoms with van der Waals surface area (Å²) in [4.78, 5) is 12.3. The van der Waals surface area contributed by atoms with Crippen molar-refractivity contribution >= 4 is 23.2 Å². The van der Waals surface area contributed by atoms with E-state index in [0.29, 0.717) is 23.9 Å².